The van der Waals surface area contributed by atoms with Crippen molar-refractivity contribution in [3.63, 3.8) is 0 Å². The van der Waals surface area contributed by atoms with Crippen LogP contribution in [0.1, 0.15) is 12.3 Å². The highest BCUT2D eigenvalue weighted by Gasteiger charge is 2.29. The molecule has 2 heterocycles. The fourth-order valence-electron chi connectivity index (χ4n) is 2.89. The van der Waals surface area contributed by atoms with E-state index in [-0.39, 0.29) is 30.0 Å². The van der Waals surface area contributed by atoms with E-state index in [0.717, 1.165) is 11.3 Å². The number of benzene rings is 1. The van der Waals surface area contributed by atoms with Gasteiger partial charge in [0.25, 0.3) is 0 Å². The molecular formula is C17H22N4O5S. The van der Waals surface area contributed by atoms with Crippen molar-refractivity contribution in [2.24, 2.45) is 0 Å². The van der Waals surface area contributed by atoms with Crippen LogP contribution in [-0.4, -0.2) is 67.6 Å². The number of likely N-dealkylation sites (N-methyl/N-ethyl adjacent to an activating group) is 1. The van der Waals surface area contributed by atoms with Crippen LogP contribution >= 0.6 is 0 Å². The number of sulfone groups is 1. The fraction of sp³-hybridized carbons (Fsp3) is 0.471. The normalized spacial score (nSPS) is 18.6. The molecule has 9 nitrogen and oxygen atoms in total. The molecule has 27 heavy (non-hydrogen) atoms. The van der Waals surface area contributed by atoms with Gasteiger partial charge in [0.15, 0.2) is 9.84 Å². The Bertz CT molecular complexity index is 894. The highest BCUT2D eigenvalue weighted by Crippen LogP contribution is 2.20. The lowest BCUT2D eigenvalue weighted by Gasteiger charge is -2.16. The van der Waals surface area contributed by atoms with Crippen molar-refractivity contribution in [1.82, 2.24) is 20.4 Å². The molecule has 1 aromatic heterocycles. The lowest BCUT2D eigenvalue weighted by molar-refractivity contribution is -0.122. The van der Waals surface area contributed by atoms with Crippen molar-refractivity contribution < 1.29 is 22.5 Å². The van der Waals surface area contributed by atoms with Gasteiger partial charge in [-0.2, -0.15) is 4.98 Å². The van der Waals surface area contributed by atoms with Crippen LogP contribution in [0.4, 0.5) is 0 Å². The number of ether oxygens (including phenoxy) is 1. The van der Waals surface area contributed by atoms with Crippen LogP contribution in [0, 0.1) is 0 Å². The average Bonchev–Trinajstić information content (AvgIpc) is 3.21. The summed E-state index contributed by atoms with van der Waals surface area (Å²) in [4.78, 5) is 18.1. The number of rotatable bonds is 7. The number of aromatic nitrogens is 2. The van der Waals surface area contributed by atoms with Gasteiger partial charge < -0.3 is 14.6 Å². The van der Waals surface area contributed by atoms with Gasteiger partial charge in [0.05, 0.1) is 31.7 Å². The van der Waals surface area contributed by atoms with E-state index in [2.05, 4.69) is 15.5 Å². The summed E-state index contributed by atoms with van der Waals surface area (Å²) in [6, 6.07) is 6.98. The maximum Gasteiger partial charge on any atom is 0.241 e. The third-order valence-corrected chi connectivity index (χ3v) is 6.00. The number of hydrogen-bond donors (Lipinski definition) is 1. The van der Waals surface area contributed by atoms with Gasteiger partial charge in [0, 0.05) is 11.6 Å². The first-order valence-corrected chi connectivity index (χ1v) is 10.3. The van der Waals surface area contributed by atoms with Gasteiger partial charge in [0.2, 0.25) is 17.6 Å². The van der Waals surface area contributed by atoms with Gasteiger partial charge in [0.1, 0.15) is 5.75 Å². The molecule has 0 bridgehead atoms. The predicted octanol–water partition coefficient (Wildman–Crippen LogP) is 0.480. The highest BCUT2D eigenvalue weighted by molar-refractivity contribution is 7.91. The maximum atomic E-state index is 12.1. The quantitative estimate of drug-likeness (QED) is 0.721. The van der Waals surface area contributed by atoms with Crippen molar-refractivity contribution in [3.05, 3.63) is 30.2 Å². The van der Waals surface area contributed by atoms with Crippen LogP contribution in [0.5, 0.6) is 5.75 Å². The van der Waals surface area contributed by atoms with Gasteiger partial charge in [-0.15, -0.1) is 0 Å². The van der Waals surface area contributed by atoms with Crippen molar-refractivity contribution in [3.8, 4) is 17.1 Å². The van der Waals surface area contributed by atoms with Gasteiger partial charge in [-0.25, -0.2) is 8.42 Å². The van der Waals surface area contributed by atoms with Crippen LogP contribution in [0.2, 0.25) is 0 Å². The van der Waals surface area contributed by atoms with E-state index in [9.17, 15) is 13.2 Å². The Morgan fingerprint density at radius 2 is 2.11 bits per heavy atom. The summed E-state index contributed by atoms with van der Waals surface area (Å²) in [5.41, 5.74) is 0.800. The van der Waals surface area contributed by atoms with Crippen LogP contribution in [0.25, 0.3) is 11.4 Å². The number of hydrogen-bond acceptors (Lipinski definition) is 8. The minimum absolute atomic E-state index is 0.0112. The minimum atomic E-state index is -3.02. The summed E-state index contributed by atoms with van der Waals surface area (Å²) in [6.07, 6.45) is 0.465. The largest absolute Gasteiger partial charge is 0.497 e. The van der Waals surface area contributed by atoms with Crippen LogP contribution in [-0.2, 0) is 21.2 Å². The number of methoxy groups -OCH3 is 1. The second-order valence-corrected chi connectivity index (χ2v) is 8.81. The molecule has 1 amide bonds. The summed E-state index contributed by atoms with van der Waals surface area (Å²) in [5.74, 6) is 1.50. The summed E-state index contributed by atoms with van der Waals surface area (Å²) < 4.78 is 33.2. The first-order chi connectivity index (χ1) is 12.8. The van der Waals surface area contributed by atoms with Crippen LogP contribution in [0.15, 0.2) is 28.8 Å². The molecule has 1 aliphatic heterocycles. The molecule has 0 saturated carbocycles. The van der Waals surface area contributed by atoms with E-state index in [0.29, 0.717) is 24.7 Å². The van der Waals surface area contributed by atoms with E-state index in [1.54, 1.807) is 19.1 Å². The van der Waals surface area contributed by atoms with Gasteiger partial charge in [-0.1, -0.05) is 5.16 Å². The number of amides is 1. The number of nitrogens with zero attached hydrogens (tertiary/aromatic N) is 3. The summed E-state index contributed by atoms with van der Waals surface area (Å²) in [7, 11) is 0.333. The Kier molecular flexibility index (Phi) is 5.76. The molecule has 1 aromatic carbocycles. The molecule has 146 valence electrons. The monoisotopic (exact) mass is 394 g/mol. The summed E-state index contributed by atoms with van der Waals surface area (Å²) >= 11 is 0. The van der Waals surface area contributed by atoms with Crippen molar-refractivity contribution >= 4 is 15.7 Å². The number of carbonyl (C=O) groups is 1. The lowest BCUT2D eigenvalue weighted by Crippen LogP contribution is -2.41. The maximum absolute atomic E-state index is 12.1. The first-order valence-electron chi connectivity index (χ1n) is 8.50. The Hall–Kier alpha value is -2.46. The van der Waals surface area contributed by atoms with E-state index in [4.69, 9.17) is 9.26 Å². The zero-order valence-corrected chi connectivity index (χ0v) is 16.0. The third-order valence-electron chi connectivity index (χ3n) is 4.23. The van der Waals surface area contributed by atoms with E-state index < -0.39 is 9.84 Å². The molecular weight excluding hydrogens is 372 g/mol. The molecule has 0 spiro atoms. The molecule has 3 rings (SSSR count). The molecule has 1 aliphatic rings. The second kappa shape index (κ2) is 8.05. The molecule has 0 radical (unpaired) electrons. The van der Waals surface area contributed by atoms with Crippen molar-refractivity contribution in [2.45, 2.75) is 19.0 Å². The first kappa shape index (κ1) is 19.3. The van der Waals surface area contributed by atoms with Crippen LogP contribution < -0.4 is 10.1 Å². The summed E-state index contributed by atoms with van der Waals surface area (Å²) in [6.45, 7) is 0.413. The fourth-order valence-corrected chi connectivity index (χ4v) is 4.56. The molecule has 0 unspecified atom stereocenters. The molecule has 2 aromatic rings. The molecule has 1 atom stereocenters. The van der Waals surface area contributed by atoms with Gasteiger partial charge >= 0.3 is 0 Å². The predicted molar refractivity (Wildman–Crippen MR) is 97.8 cm³/mol. The van der Waals surface area contributed by atoms with E-state index in [1.165, 1.54) is 0 Å². The smallest absolute Gasteiger partial charge is 0.241 e. The molecule has 10 heteroatoms. The van der Waals surface area contributed by atoms with Gasteiger partial charge in [-0.3, -0.25) is 9.69 Å². The molecule has 1 N–H and O–H groups in total. The SMILES string of the molecule is COc1ccc(-c2noc(CN(C)CC(=O)N[C@@H]3CCS(=O)(=O)C3)n2)cc1. The minimum Gasteiger partial charge on any atom is -0.497 e. The Balaban J connectivity index is 1.51. The number of nitrogens with one attached hydrogen (secondary N) is 1. The second-order valence-electron chi connectivity index (χ2n) is 6.58. The average molecular weight is 394 g/mol. The zero-order valence-electron chi connectivity index (χ0n) is 15.2. The van der Waals surface area contributed by atoms with E-state index in [1.807, 2.05) is 24.3 Å². The zero-order chi connectivity index (χ0) is 19.4. The lowest BCUT2D eigenvalue weighted by atomic mass is 10.2. The van der Waals surface area contributed by atoms with Crippen LogP contribution in [0.3, 0.4) is 0 Å². The Labute approximate surface area is 157 Å². The molecule has 1 fully saturated rings. The topological polar surface area (TPSA) is 115 Å². The Morgan fingerprint density at radius 1 is 1.37 bits per heavy atom. The van der Waals surface area contributed by atoms with Gasteiger partial charge in [-0.05, 0) is 37.7 Å². The standard InChI is InChI=1S/C17H22N4O5S/c1-21(9-15(22)18-13-7-8-27(23,24)11-13)10-16-19-17(20-26-16)12-3-5-14(25-2)6-4-12/h3-6,13H,7-11H2,1-2H3,(H,18,22)/t13-/m1/s1. The van der Waals surface area contributed by atoms with Crippen molar-refractivity contribution in [2.75, 3.05) is 32.2 Å². The van der Waals surface area contributed by atoms with Crippen molar-refractivity contribution in [1.29, 1.82) is 0 Å². The molecule has 1 saturated heterocycles. The highest BCUT2D eigenvalue weighted by atomic mass is 32.2. The van der Waals surface area contributed by atoms with E-state index >= 15 is 0 Å². The third kappa shape index (κ3) is 5.27. The Morgan fingerprint density at radius 3 is 2.74 bits per heavy atom. The molecule has 0 aliphatic carbocycles. The number of carbonyl (C=O) groups excluding carboxylic acids is 1. The summed E-state index contributed by atoms with van der Waals surface area (Å²) in [5, 5.41) is 6.71.